The molecule has 4 N–H and O–H groups in total. The molecule has 0 fully saturated rings. The van der Waals surface area contributed by atoms with Gasteiger partial charge >= 0.3 is 0 Å². The van der Waals surface area contributed by atoms with E-state index in [-0.39, 0.29) is 18.9 Å². The molecule has 0 spiro atoms. The van der Waals surface area contributed by atoms with Gasteiger partial charge in [-0.2, -0.15) is 0 Å². The number of aromatic nitrogens is 1. The molecule has 7 nitrogen and oxygen atoms in total. The molecule has 0 aliphatic heterocycles. The quantitative estimate of drug-likeness (QED) is 0.400. The number of nitrogen functional groups attached to an aromatic ring is 1. The monoisotopic (exact) mass is 277 g/mol. The first kappa shape index (κ1) is 14.0. The summed E-state index contributed by atoms with van der Waals surface area (Å²) in [5.74, 6) is 5.55. The maximum absolute atomic E-state index is 11.2. The number of aliphatic hydroxyl groups excluding tert-OH is 1. The second-order valence-corrected chi connectivity index (χ2v) is 4.06. The molecule has 0 bridgehead atoms. The molecular weight excluding hydrogens is 262 g/mol. The molecule has 2 rings (SSSR count). The summed E-state index contributed by atoms with van der Waals surface area (Å²) >= 11 is 0. The van der Waals surface area contributed by atoms with Crippen molar-refractivity contribution in [3.63, 3.8) is 0 Å². The number of rotatable bonds is 6. The van der Waals surface area contributed by atoms with Crippen molar-refractivity contribution in [1.82, 2.24) is 10.6 Å². The predicted molar refractivity (Wildman–Crippen MR) is 69.7 cm³/mol. The summed E-state index contributed by atoms with van der Waals surface area (Å²) in [6.07, 6.45) is 0.611. The Kier molecular flexibility index (Phi) is 4.70. The van der Waals surface area contributed by atoms with Crippen molar-refractivity contribution in [3.05, 3.63) is 47.3 Å². The van der Waals surface area contributed by atoms with E-state index in [1.165, 1.54) is 6.07 Å². The highest BCUT2D eigenvalue weighted by Gasteiger charge is 2.11. The molecule has 0 saturated carbocycles. The van der Waals surface area contributed by atoms with Crippen LogP contribution in [0.25, 0.3) is 0 Å². The summed E-state index contributed by atoms with van der Waals surface area (Å²) in [6, 6.07) is 8.81. The van der Waals surface area contributed by atoms with Gasteiger partial charge in [-0.3, -0.25) is 10.2 Å². The molecule has 0 radical (unpaired) electrons. The zero-order valence-corrected chi connectivity index (χ0v) is 10.7. The normalized spacial score (nSPS) is 10.3. The number of aliphatic hydroxyl groups is 1. The number of hydrazine groups is 1. The first-order chi connectivity index (χ1) is 9.72. The van der Waals surface area contributed by atoms with Crippen LogP contribution in [0.4, 0.5) is 0 Å². The Morgan fingerprint density at radius 1 is 1.40 bits per heavy atom. The van der Waals surface area contributed by atoms with E-state index < -0.39 is 5.91 Å². The van der Waals surface area contributed by atoms with Gasteiger partial charge in [0.2, 0.25) is 0 Å². The molecule has 0 saturated heterocycles. The minimum Gasteiger partial charge on any atom is -0.486 e. The van der Waals surface area contributed by atoms with Crippen molar-refractivity contribution < 1.29 is 19.2 Å². The summed E-state index contributed by atoms with van der Waals surface area (Å²) in [5.41, 5.74) is 3.09. The highest BCUT2D eigenvalue weighted by atomic mass is 16.5. The zero-order valence-electron chi connectivity index (χ0n) is 10.7. The third-order valence-electron chi connectivity index (χ3n) is 2.63. The molecule has 1 aromatic heterocycles. The first-order valence-corrected chi connectivity index (χ1v) is 6.02. The zero-order chi connectivity index (χ0) is 14.4. The van der Waals surface area contributed by atoms with Crippen LogP contribution >= 0.6 is 0 Å². The molecule has 0 aliphatic carbocycles. The minimum atomic E-state index is -0.520. The molecule has 0 atom stereocenters. The largest absolute Gasteiger partial charge is 0.486 e. The van der Waals surface area contributed by atoms with Crippen LogP contribution in [-0.2, 0) is 13.0 Å². The number of carbonyl (C=O) groups excluding carboxylic acids is 1. The van der Waals surface area contributed by atoms with Crippen molar-refractivity contribution in [1.29, 1.82) is 0 Å². The van der Waals surface area contributed by atoms with Gasteiger partial charge < -0.3 is 14.4 Å². The number of ether oxygens (including phenoxy) is 1. The van der Waals surface area contributed by atoms with Gasteiger partial charge in [-0.1, -0.05) is 17.3 Å². The molecule has 20 heavy (non-hydrogen) atoms. The molecular formula is C13H15N3O4. The number of hydrogen-bond acceptors (Lipinski definition) is 6. The lowest BCUT2D eigenvalue weighted by molar-refractivity contribution is 0.0944. The van der Waals surface area contributed by atoms with E-state index in [4.69, 9.17) is 20.2 Å². The number of hydrogen-bond donors (Lipinski definition) is 3. The standard InChI is InChI=1S/C13H15N3O4/c14-15-13(18)12-7-11(20-16-12)8-19-10-3-1-9(2-4-10)5-6-17/h1-4,7,17H,5-6,8,14H2,(H,15,18). The maximum atomic E-state index is 11.2. The highest BCUT2D eigenvalue weighted by molar-refractivity contribution is 5.91. The average molecular weight is 277 g/mol. The van der Waals surface area contributed by atoms with Gasteiger partial charge in [0, 0.05) is 12.7 Å². The molecule has 1 amide bonds. The highest BCUT2D eigenvalue weighted by Crippen LogP contribution is 2.15. The van der Waals surface area contributed by atoms with E-state index in [2.05, 4.69) is 5.16 Å². The van der Waals surface area contributed by atoms with Crippen molar-refractivity contribution >= 4 is 5.91 Å². The lowest BCUT2D eigenvalue weighted by atomic mass is 10.1. The maximum Gasteiger partial charge on any atom is 0.287 e. The van der Waals surface area contributed by atoms with Gasteiger partial charge in [-0.25, -0.2) is 5.84 Å². The lowest BCUT2D eigenvalue weighted by Crippen LogP contribution is -2.30. The van der Waals surface area contributed by atoms with Gasteiger partial charge in [0.05, 0.1) is 0 Å². The molecule has 7 heteroatoms. The van der Waals surface area contributed by atoms with Crippen molar-refractivity contribution in [3.8, 4) is 5.75 Å². The average Bonchev–Trinajstić information content (AvgIpc) is 2.95. The third kappa shape index (κ3) is 3.56. The predicted octanol–water partition coefficient (Wildman–Crippen LogP) is 0.392. The van der Waals surface area contributed by atoms with E-state index in [0.29, 0.717) is 17.9 Å². The van der Waals surface area contributed by atoms with Crippen LogP contribution in [0, 0.1) is 0 Å². The number of nitrogens with zero attached hydrogens (tertiary/aromatic N) is 1. The van der Waals surface area contributed by atoms with Gasteiger partial charge in [-0.05, 0) is 24.1 Å². The van der Waals surface area contributed by atoms with Gasteiger partial charge in [0.15, 0.2) is 11.5 Å². The molecule has 0 aliphatic rings. The van der Waals surface area contributed by atoms with Crippen LogP contribution in [0.1, 0.15) is 21.8 Å². The smallest absolute Gasteiger partial charge is 0.287 e. The Hall–Kier alpha value is -2.38. The van der Waals surface area contributed by atoms with Crippen LogP contribution in [0.2, 0.25) is 0 Å². The fraction of sp³-hybridized carbons (Fsp3) is 0.231. The van der Waals surface area contributed by atoms with Crippen LogP contribution in [0.15, 0.2) is 34.9 Å². The van der Waals surface area contributed by atoms with E-state index in [9.17, 15) is 4.79 Å². The number of nitrogens with two attached hydrogens (primary N) is 1. The SMILES string of the molecule is NNC(=O)c1cc(COc2ccc(CCO)cc2)on1. The number of nitrogens with one attached hydrogen (secondary N) is 1. The summed E-state index contributed by atoms with van der Waals surface area (Å²) in [5, 5.41) is 12.4. The second kappa shape index (κ2) is 6.69. The summed E-state index contributed by atoms with van der Waals surface area (Å²) in [6.45, 7) is 0.272. The molecule has 1 heterocycles. The van der Waals surface area contributed by atoms with Crippen LogP contribution in [0.3, 0.4) is 0 Å². The molecule has 1 aromatic carbocycles. The van der Waals surface area contributed by atoms with Gasteiger partial charge in [0.25, 0.3) is 5.91 Å². The van der Waals surface area contributed by atoms with Crippen molar-refractivity contribution in [2.75, 3.05) is 6.61 Å². The van der Waals surface area contributed by atoms with Gasteiger partial charge in [-0.15, -0.1) is 0 Å². The fourth-order valence-electron chi connectivity index (χ4n) is 1.60. The lowest BCUT2D eigenvalue weighted by Gasteiger charge is -2.04. The number of amides is 1. The molecule has 2 aromatic rings. The number of benzene rings is 1. The Morgan fingerprint density at radius 2 is 2.15 bits per heavy atom. The van der Waals surface area contributed by atoms with Crippen molar-refractivity contribution in [2.45, 2.75) is 13.0 Å². The Labute approximate surface area is 115 Å². The molecule has 106 valence electrons. The third-order valence-corrected chi connectivity index (χ3v) is 2.63. The topological polar surface area (TPSA) is 111 Å². The summed E-state index contributed by atoms with van der Waals surface area (Å²) in [7, 11) is 0. The molecule has 0 unspecified atom stereocenters. The van der Waals surface area contributed by atoms with E-state index >= 15 is 0 Å². The Balaban J connectivity index is 1.91. The summed E-state index contributed by atoms with van der Waals surface area (Å²) < 4.78 is 10.4. The van der Waals surface area contributed by atoms with Crippen molar-refractivity contribution in [2.24, 2.45) is 5.84 Å². The van der Waals surface area contributed by atoms with E-state index in [0.717, 1.165) is 5.56 Å². The Morgan fingerprint density at radius 3 is 2.80 bits per heavy atom. The van der Waals surface area contributed by atoms with Gasteiger partial charge in [0.1, 0.15) is 12.4 Å². The van der Waals surface area contributed by atoms with Crippen LogP contribution < -0.4 is 16.0 Å². The minimum absolute atomic E-state index is 0.101. The fourth-order valence-corrected chi connectivity index (χ4v) is 1.60. The van der Waals surface area contributed by atoms with E-state index in [1.54, 1.807) is 12.1 Å². The van der Waals surface area contributed by atoms with E-state index in [1.807, 2.05) is 17.6 Å². The van der Waals surface area contributed by atoms with Crippen LogP contribution in [0.5, 0.6) is 5.75 Å². The number of carbonyl (C=O) groups is 1. The second-order valence-electron chi connectivity index (χ2n) is 4.06. The van der Waals surface area contributed by atoms with Crippen LogP contribution in [-0.4, -0.2) is 22.8 Å². The summed E-state index contributed by atoms with van der Waals surface area (Å²) in [4.78, 5) is 11.2. The Bertz CT molecular complexity index is 565. The first-order valence-electron chi connectivity index (χ1n) is 6.02.